The molecule has 18 heavy (non-hydrogen) atoms. The Morgan fingerprint density at radius 3 is 2.50 bits per heavy atom. The number of ether oxygens (including phenoxy) is 1. The van der Waals surface area contributed by atoms with E-state index in [1.807, 2.05) is 31.2 Å². The van der Waals surface area contributed by atoms with Gasteiger partial charge in [0.05, 0.1) is 6.61 Å². The summed E-state index contributed by atoms with van der Waals surface area (Å²) in [4.78, 5) is 21.5. The predicted molar refractivity (Wildman–Crippen MR) is 66.6 cm³/mol. The highest BCUT2D eigenvalue weighted by Crippen LogP contribution is 2.13. The van der Waals surface area contributed by atoms with Gasteiger partial charge >= 0.3 is 5.97 Å². The lowest BCUT2D eigenvalue weighted by molar-refractivity contribution is -0.137. The number of benzene rings is 1. The standard InChI is InChI=1S/C13H17NO4/c1-2-18-11-6-3-10(4-7-11)5-8-12(15)14-9-13(16)17/h3-4,6-7H,2,5,8-9H2,1H3,(H,14,15)(H,16,17). The molecule has 0 unspecified atom stereocenters. The molecule has 0 bridgehead atoms. The van der Waals surface area contributed by atoms with Crippen LogP contribution < -0.4 is 10.1 Å². The van der Waals surface area contributed by atoms with E-state index in [1.165, 1.54) is 0 Å². The summed E-state index contributed by atoms with van der Waals surface area (Å²) in [5.41, 5.74) is 1.02. The highest BCUT2D eigenvalue weighted by molar-refractivity contribution is 5.81. The summed E-state index contributed by atoms with van der Waals surface area (Å²) in [5, 5.41) is 10.7. The van der Waals surface area contributed by atoms with Crippen LogP contribution in [0.15, 0.2) is 24.3 Å². The molecule has 0 fully saturated rings. The summed E-state index contributed by atoms with van der Waals surface area (Å²) in [7, 11) is 0. The average Bonchev–Trinajstić information content (AvgIpc) is 2.36. The molecule has 0 aliphatic carbocycles. The van der Waals surface area contributed by atoms with Crippen LogP contribution >= 0.6 is 0 Å². The summed E-state index contributed by atoms with van der Waals surface area (Å²) in [5.74, 6) is -0.493. The number of carbonyl (C=O) groups excluding carboxylic acids is 1. The molecule has 98 valence electrons. The minimum atomic E-state index is -1.04. The third-order valence-electron chi connectivity index (χ3n) is 2.31. The van der Waals surface area contributed by atoms with Gasteiger partial charge in [0.15, 0.2) is 0 Å². The number of carboxylic acids is 1. The molecule has 2 N–H and O–H groups in total. The number of hydrogen-bond donors (Lipinski definition) is 2. The fourth-order valence-corrected chi connectivity index (χ4v) is 1.44. The molecule has 0 saturated carbocycles. The Balaban J connectivity index is 2.34. The van der Waals surface area contributed by atoms with E-state index in [2.05, 4.69) is 5.32 Å². The number of nitrogens with one attached hydrogen (secondary N) is 1. The van der Waals surface area contributed by atoms with E-state index >= 15 is 0 Å². The Kier molecular flexibility index (Phi) is 5.70. The summed E-state index contributed by atoms with van der Waals surface area (Å²) in [6, 6.07) is 7.51. The van der Waals surface area contributed by atoms with E-state index in [4.69, 9.17) is 9.84 Å². The van der Waals surface area contributed by atoms with Crippen molar-refractivity contribution in [2.24, 2.45) is 0 Å². The van der Waals surface area contributed by atoms with Crippen LogP contribution in [0.2, 0.25) is 0 Å². The van der Waals surface area contributed by atoms with Gasteiger partial charge in [-0.05, 0) is 31.0 Å². The quantitative estimate of drug-likeness (QED) is 0.764. The van der Waals surface area contributed by atoms with Crippen LogP contribution in [0, 0.1) is 0 Å². The molecule has 0 saturated heterocycles. The van der Waals surface area contributed by atoms with Crippen molar-refractivity contribution in [3.8, 4) is 5.75 Å². The summed E-state index contributed by atoms with van der Waals surface area (Å²) < 4.78 is 5.31. The molecule has 5 heteroatoms. The first kappa shape index (κ1) is 14.0. The van der Waals surface area contributed by atoms with Gasteiger partial charge in [-0.1, -0.05) is 12.1 Å². The second-order valence-electron chi connectivity index (χ2n) is 3.75. The zero-order chi connectivity index (χ0) is 13.4. The van der Waals surface area contributed by atoms with Crippen molar-refractivity contribution in [3.05, 3.63) is 29.8 Å². The van der Waals surface area contributed by atoms with Crippen LogP contribution in [0.25, 0.3) is 0 Å². The van der Waals surface area contributed by atoms with Crippen molar-refractivity contribution in [1.82, 2.24) is 5.32 Å². The maximum Gasteiger partial charge on any atom is 0.322 e. The topological polar surface area (TPSA) is 75.6 Å². The third kappa shape index (κ3) is 5.34. The molecule has 0 spiro atoms. The van der Waals surface area contributed by atoms with Crippen molar-refractivity contribution in [3.63, 3.8) is 0 Å². The van der Waals surface area contributed by atoms with Gasteiger partial charge in [-0.15, -0.1) is 0 Å². The number of carboxylic acid groups (broad SMARTS) is 1. The first-order chi connectivity index (χ1) is 8.61. The van der Waals surface area contributed by atoms with E-state index in [-0.39, 0.29) is 18.9 Å². The van der Waals surface area contributed by atoms with Gasteiger partial charge in [0.25, 0.3) is 0 Å². The van der Waals surface area contributed by atoms with Crippen molar-refractivity contribution >= 4 is 11.9 Å². The molecule has 0 radical (unpaired) electrons. The molecule has 1 aromatic rings. The normalized spacial score (nSPS) is 9.83. The molecule has 0 aliphatic heterocycles. The van der Waals surface area contributed by atoms with Crippen LogP contribution in [0.3, 0.4) is 0 Å². The molecule has 1 aromatic carbocycles. The molecule has 0 atom stereocenters. The smallest absolute Gasteiger partial charge is 0.322 e. The predicted octanol–water partition coefficient (Wildman–Crippen LogP) is 1.22. The molecule has 0 aromatic heterocycles. The van der Waals surface area contributed by atoms with Crippen LogP contribution in [-0.2, 0) is 16.0 Å². The Morgan fingerprint density at radius 2 is 1.94 bits per heavy atom. The largest absolute Gasteiger partial charge is 0.494 e. The third-order valence-corrected chi connectivity index (χ3v) is 2.31. The molecular weight excluding hydrogens is 234 g/mol. The van der Waals surface area contributed by atoms with Crippen molar-refractivity contribution in [2.45, 2.75) is 19.8 Å². The zero-order valence-corrected chi connectivity index (χ0v) is 10.3. The van der Waals surface area contributed by atoms with Gasteiger partial charge < -0.3 is 15.2 Å². The summed E-state index contributed by atoms with van der Waals surface area (Å²) in [6.45, 7) is 2.21. The second-order valence-corrected chi connectivity index (χ2v) is 3.75. The SMILES string of the molecule is CCOc1ccc(CCC(=O)NCC(=O)O)cc1. The fourth-order valence-electron chi connectivity index (χ4n) is 1.44. The molecule has 0 heterocycles. The average molecular weight is 251 g/mol. The molecule has 1 rings (SSSR count). The maximum absolute atomic E-state index is 11.3. The van der Waals surface area contributed by atoms with Crippen LogP contribution in [0.4, 0.5) is 0 Å². The fraction of sp³-hybridized carbons (Fsp3) is 0.385. The van der Waals surface area contributed by atoms with Crippen LogP contribution in [-0.4, -0.2) is 30.1 Å². The first-order valence-corrected chi connectivity index (χ1v) is 5.82. The molecule has 0 aliphatic rings. The first-order valence-electron chi connectivity index (χ1n) is 5.82. The van der Waals surface area contributed by atoms with Crippen molar-refractivity contribution in [2.75, 3.05) is 13.2 Å². The minimum absolute atomic E-state index is 0.258. The highest BCUT2D eigenvalue weighted by atomic mass is 16.5. The summed E-state index contributed by atoms with van der Waals surface area (Å²) >= 11 is 0. The van der Waals surface area contributed by atoms with E-state index in [0.29, 0.717) is 13.0 Å². The lowest BCUT2D eigenvalue weighted by Crippen LogP contribution is -2.29. The maximum atomic E-state index is 11.3. The lowest BCUT2D eigenvalue weighted by atomic mass is 10.1. The Bertz CT molecular complexity index is 400. The number of rotatable bonds is 7. The Labute approximate surface area is 106 Å². The monoisotopic (exact) mass is 251 g/mol. The van der Waals surface area contributed by atoms with Gasteiger partial charge in [0, 0.05) is 6.42 Å². The van der Waals surface area contributed by atoms with E-state index in [0.717, 1.165) is 11.3 Å². The van der Waals surface area contributed by atoms with E-state index in [9.17, 15) is 9.59 Å². The summed E-state index contributed by atoms with van der Waals surface area (Å²) in [6.07, 6.45) is 0.860. The van der Waals surface area contributed by atoms with Crippen molar-refractivity contribution < 1.29 is 19.4 Å². The van der Waals surface area contributed by atoms with E-state index < -0.39 is 5.97 Å². The second kappa shape index (κ2) is 7.32. The Hall–Kier alpha value is -2.04. The number of carbonyl (C=O) groups is 2. The molecule has 1 amide bonds. The van der Waals surface area contributed by atoms with Crippen molar-refractivity contribution in [1.29, 1.82) is 0 Å². The number of amides is 1. The van der Waals surface area contributed by atoms with Gasteiger partial charge in [0.1, 0.15) is 12.3 Å². The lowest BCUT2D eigenvalue weighted by Gasteiger charge is -2.05. The number of aryl methyl sites for hydroxylation is 1. The van der Waals surface area contributed by atoms with Gasteiger partial charge in [-0.3, -0.25) is 9.59 Å². The van der Waals surface area contributed by atoms with Crippen LogP contribution in [0.5, 0.6) is 5.75 Å². The van der Waals surface area contributed by atoms with Gasteiger partial charge in [-0.2, -0.15) is 0 Å². The van der Waals surface area contributed by atoms with E-state index in [1.54, 1.807) is 0 Å². The highest BCUT2D eigenvalue weighted by Gasteiger charge is 2.04. The molecule has 5 nitrogen and oxygen atoms in total. The number of aliphatic carboxylic acids is 1. The number of hydrogen-bond acceptors (Lipinski definition) is 3. The Morgan fingerprint density at radius 1 is 1.28 bits per heavy atom. The van der Waals surface area contributed by atoms with Gasteiger partial charge in [-0.25, -0.2) is 0 Å². The molecular formula is C13H17NO4. The van der Waals surface area contributed by atoms with Gasteiger partial charge in [0.2, 0.25) is 5.91 Å². The van der Waals surface area contributed by atoms with Crippen LogP contribution in [0.1, 0.15) is 18.9 Å². The minimum Gasteiger partial charge on any atom is -0.494 e. The zero-order valence-electron chi connectivity index (χ0n) is 10.3.